The number of phenolic OH excluding ortho intramolecular Hbond substituents is 1. The van der Waals surface area contributed by atoms with Gasteiger partial charge in [-0.3, -0.25) is 62.3 Å². The number of nitrogens with two attached hydrogens (primary N) is 1. The number of Topliss-reactive ketones (excluding diaryl/α,β-unsaturated/α-hetero) is 6. The molecule has 1 aliphatic heterocycles. The van der Waals surface area contributed by atoms with Gasteiger partial charge in [0, 0.05) is 160 Å². The van der Waals surface area contributed by atoms with E-state index in [1.165, 1.54) is 100 Å². The smallest absolute Gasteiger partial charge is 0.336 e. The molecule has 4 aromatic rings. The lowest BCUT2D eigenvalue weighted by Gasteiger charge is -2.24. The number of amides is 5. The van der Waals surface area contributed by atoms with E-state index in [0.29, 0.717) is 27.9 Å². The monoisotopic (exact) mass is 1480 g/mol. The van der Waals surface area contributed by atoms with Crippen molar-refractivity contribution in [2.45, 2.75) is 148 Å². The van der Waals surface area contributed by atoms with E-state index in [9.17, 15) is 97.5 Å². The van der Waals surface area contributed by atoms with E-state index in [-0.39, 0.29) is 142 Å². The van der Waals surface area contributed by atoms with Crippen LogP contribution >= 0.6 is 0 Å². The Bertz CT molecular complexity index is 4130. The summed E-state index contributed by atoms with van der Waals surface area (Å²) in [5.41, 5.74) is 6.69. The summed E-state index contributed by atoms with van der Waals surface area (Å²) in [6.45, 7) is 2.03. The van der Waals surface area contributed by atoms with Gasteiger partial charge in [-0.25, -0.2) is 14.8 Å². The Labute approximate surface area is 606 Å². The van der Waals surface area contributed by atoms with Gasteiger partial charge in [0.2, 0.25) is 23.6 Å². The van der Waals surface area contributed by atoms with Crippen LogP contribution in [0.2, 0.25) is 0 Å². The van der Waals surface area contributed by atoms with Gasteiger partial charge in [-0.1, -0.05) is 12.5 Å². The normalized spacial score (nSPS) is 13.9. The molecule has 2 aliphatic rings. The van der Waals surface area contributed by atoms with Crippen molar-refractivity contribution in [3.8, 4) is 28.2 Å². The lowest BCUT2D eigenvalue weighted by atomic mass is 9.87. The first-order valence-electron chi connectivity index (χ1n) is 34.4. The van der Waals surface area contributed by atoms with E-state index < -0.39 is 176 Å². The van der Waals surface area contributed by atoms with Gasteiger partial charge in [0.1, 0.15) is 41.9 Å². The van der Waals surface area contributed by atoms with Crippen LogP contribution < -0.4 is 32.4 Å². The molecule has 33 heteroatoms. The number of ketones is 6. The number of carboxylic acid groups (broad SMARTS) is 3. The number of aromatic nitrogens is 4. The molecule has 6 rings (SSSR count). The third-order valence-corrected chi connectivity index (χ3v) is 17.7. The second kappa shape index (κ2) is 41.5. The number of aliphatic hydroxyl groups excluding tert-OH is 2. The minimum Gasteiger partial charge on any atom is -0.508 e. The number of fused-ring (bicyclic) bond motifs is 2. The van der Waals surface area contributed by atoms with Gasteiger partial charge in [-0.15, -0.1) is 0 Å². The highest BCUT2D eigenvalue weighted by atomic mass is 16.5. The third kappa shape index (κ3) is 26.6. The lowest BCUT2D eigenvalue weighted by molar-refractivity contribution is -0.139. The zero-order valence-electron chi connectivity index (χ0n) is 58.8. The van der Waals surface area contributed by atoms with Gasteiger partial charge in [0.25, 0.3) is 5.91 Å². The van der Waals surface area contributed by atoms with Crippen molar-refractivity contribution in [2.75, 3.05) is 39.5 Å². The van der Waals surface area contributed by atoms with Crippen LogP contribution in [0.4, 0.5) is 0 Å². The number of carboxylic acids is 3. The summed E-state index contributed by atoms with van der Waals surface area (Å²) in [7, 11) is 0. The van der Waals surface area contributed by atoms with Crippen LogP contribution in [0.1, 0.15) is 143 Å². The Balaban J connectivity index is 1.07. The molecule has 5 amide bonds. The van der Waals surface area contributed by atoms with Crippen molar-refractivity contribution in [1.29, 1.82) is 0 Å². The molecule has 14 N–H and O–H groups in total. The van der Waals surface area contributed by atoms with E-state index in [4.69, 9.17) is 24.7 Å². The molecule has 106 heavy (non-hydrogen) atoms. The number of nitrogens with one attached hydrogen (secondary N) is 6. The van der Waals surface area contributed by atoms with Crippen LogP contribution in [0.5, 0.6) is 5.75 Å². The predicted molar refractivity (Wildman–Crippen MR) is 374 cm³/mol. The fraction of sp³-hybridized carbons (Fsp3) is 0.466. The van der Waals surface area contributed by atoms with Crippen molar-refractivity contribution in [1.82, 2.24) is 41.2 Å². The molecular weight excluding hydrogens is 1390 g/mol. The number of primary amides is 1. The molecule has 1 aliphatic carbocycles. The summed E-state index contributed by atoms with van der Waals surface area (Å²) in [6.07, 6.45) is -0.940. The number of H-pyrrole nitrogens is 2. The largest absolute Gasteiger partial charge is 0.508 e. The minimum absolute atomic E-state index is 0.00733. The lowest BCUT2D eigenvalue weighted by Crippen LogP contribution is -2.48. The molecule has 2 aromatic heterocycles. The number of aromatic amines is 2. The van der Waals surface area contributed by atoms with Gasteiger partial charge in [-0.05, 0) is 94.8 Å². The number of rotatable bonds is 50. The number of ether oxygens (including phenoxy) is 2. The molecule has 2 aromatic carbocycles. The number of nitrogens with zero attached hydrogens (tertiary/aromatic N) is 2. The first kappa shape index (κ1) is 83.9. The Hall–Kier alpha value is -11.0. The number of aromatic hydroxyl groups is 1. The van der Waals surface area contributed by atoms with Crippen molar-refractivity contribution in [2.24, 2.45) is 35.3 Å². The Morgan fingerprint density at radius 2 is 1.16 bits per heavy atom. The molecular formula is C73H89N9O24. The number of benzene rings is 3. The van der Waals surface area contributed by atoms with E-state index in [1.54, 1.807) is 0 Å². The van der Waals surface area contributed by atoms with Gasteiger partial charge in [0.15, 0.2) is 28.6 Å². The average Bonchev–Trinajstić information content (AvgIpc) is 0.913. The van der Waals surface area contributed by atoms with Crippen LogP contribution in [-0.2, 0) is 79.8 Å². The minimum atomic E-state index is -1.44. The van der Waals surface area contributed by atoms with Crippen molar-refractivity contribution >= 4 is 93.1 Å². The second-order valence-electron chi connectivity index (χ2n) is 26.1. The number of hydrogen-bond donors (Lipinski definition) is 13. The molecule has 3 heterocycles. The Kier molecular flexibility index (Phi) is 32.8. The number of phenols is 1. The van der Waals surface area contributed by atoms with E-state index >= 15 is 0 Å². The zero-order chi connectivity index (χ0) is 77.7. The van der Waals surface area contributed by atoms with E-state index in [0.717, 1.165) is 0 Å². The summed E-state index contributed by atoms with van der Waals surface area (Å²) in [4.78, 5) is 208. The summed E-state index contributed by atoms with van der Waals surface area (Å²) < 4.78 is 17.1. The van der Waals surface area contributed by atoms with E-state index in [1.807, 2.05) is 0 Å². The number of aromatic carboxylic acids is 1. The quantitative estimate of drug-likeness (QED) is 0.0193. The molecule has 0 unspecified atom stereocenters. The second-order valence-corrected chi connectivity index (χ2v) is 26.1. The van der Waals surface area contributed by atoms with Crippen LogP contribution in [0.15, 0.2) is 88.9 Å². The first-order valence-corrected chi connectivity index (χ1v) is 34.4. The number of unbranched alkanes of at least 4 members (excludes halogenated alkanes) is 1. The highest BCUT2D eigenvalue weighted by molar-refractivity contribution is 6.09. The van der Waals surface area contributed by atoms with Crippen molar-refractivity contribution in [3.05, 3.63) is 112 Å². The fourth-order valence-corrected chi connectivity index (χ4v) is 12.0. The van der Waals surface area contributed by atoms with Crippen LogP contribution in [0.25, 0.3) is 33.4 Å². The highest BCUT2D eigenvalue weighted by Gasteiger charge is 2.35. The maximum Gasteiger partial charge on any atom is 0.336 e. The number of carbonyl (C=O) groups excluding carboxylic acids is 11. The first-order chi connectivity index (χ1) is 50.4. The van der Waals surface area contributed by atoms with Gasteiger partial charge >= 0.3 is 17.9 Å². The molecule has 570 valence electrons. The van der Waals surface area contributed by atoms with Crippen LogP contribution in [0.3, 0.4) is 0 Å². The summed E-state index contributed by atoms with van der Waals surface area (Å²) in [6, 6.07) is 9.66. The molecule has 0 saturated carbocycles. The third-order valence-electron chi connectivity index (χ3n) is 17.7. The molecule has 9 atom stereocenters. The van der Waals surface area contributed by atoms with Gasteiger partial charge < -0.3 is 86.3 Å². The molecule has 0 fully saturated rings. The number of imidazole rings is 2. The van der Waals surface area contributed by atoms with Gasteiger partial charge in [0.05, 0.1) is 61.0 Å². The zero-order valence-corrected chi connectivity index (χ0v) is 58.8. The Morgan fingerprint density at radius 3 is 1.73 bits per heavy atom. The molecule has 0 radical (unpaired) electrons. The Morgan fingerprint density at radius 1 is 0.585 bits per heavy atom. The van der Waals surface area contributed by atoms with E-state index in [2.05, 4.69) is 41.2 Å². The molecule has 0 spiro atoms. The maximum absolute atomic E-state index is 13.9. The fourth-order valence-electron chi connectivity index (χ4n) is 12.0. The molecule has 0 saturated heterocycles. The molecule has 0 bridgehead atoms. The average molecular weight is 1480 g/mol. The van der Waals surface area contributed by atoms with Crippen LogP contribution in [0, 0.1) is 29.6 Å². The summed E-state index contributed by atoms with van der Waals surface area (Å²) in [5, 5.41) is 71.3. The van der Waals surface area contributed by atoms with Crippen LogP contribution in [-0.4, -0.2) is 197 Å². The highest BCUT2D eigenvalue weighted by Crippen LogP contribution is 2.42. The number of carbonyl (C=O) groups is 14. The number of aliphatic carboxylic acids is 2. The summed E-state index contributed by atoms with van der Waals surface area (Å²) >= 11 is 0. The summed E-state index contributed by atoms with van der Waals surface area (Å²) in [5.74, 6) is -17.2. The predicted octanol–water partition coefficient (Wildman–Crippen LogP) is 3.14. The topological polar surface area (TPSA) is 541 Å². The SMILES string of the molecule is CC(=O)C[C@@H](C(=O)N[C@H](Cc1cnc[nH]1)C(=O)C[C@H](CCC(=O)O)C(=O)CCCOCC(=O)C[C@H](CCCCNC(=O)c1ccc(-c2c3ccc(=O)cc-3oc3cc(O)ccc23)c(C(=O)O)c1)C(=O)NCCOCC(=O)C[C@@H](C(=O)N[C@H](Cc1cnc[nH]1)C(=O)C[C@H](CCC(=O)O)C(N)=O)[C@H](C)O)[C@H](C)O. The van der Waals surface area contributed by atoms with Gasteiger partial charge in [-0.2, -0.15) is 0 Å². The van der Waals surface area contributed by atoms with Crippen molar-refractivity contribution < 1.29 is 112 Å². The molecule has 33 nitrogen and oxygen atoms in total. The standard InChI is InChI=1S/C73H89N9O24/c1-39(83)23-55(40(2)84)71(100)81-58(28-46-33-75-37-79-46)61(91)26-42(10-17-65(93)94)60(90)8-6-21-104-35-50(88)24-44(7-4-5-19-77-70(99)45-9-14-52(57(25-45)73(102)103)67-53-15-12-48(86)31-63(53)106-64-32-49(87)13-16-54(64)67)69(98)78-20-22-105-36-51(89)30-56(41(3)85)72(101)82-59(29-47-34-76-38-80-47)62(92)27-43(68(74)97)11-18-66(95)96/h9,12-16,25,31-34,37-38,40-44,55-56,58-59,84-86H,4-8,10-11,17-24,26-30,35-36H2,1-3H3,(H2,74,97)(H,75,79)(H,76,80)(H,77,99)(H,78,98)(H,81,100)(H,82,101)(H,93,94)(H,95,96)(H,102,103)/t40-,41-,42-,43-,44-,55+,56+,58+,59+/m0/s1. The maximum atomic E-state index is 13.9. The van der Waals surface area contributed by atoms with Crippen molar-refractivity contribution in [3.63, 3.8) is 0 Å². The number of hydrogen-bond acceptors (Lipinski definition) is 23. The number of aliphatic hydroxyl groups is 2.